The number of anilines is 1. The minimum absolute atomic E-state index is 0.246. The molecular weight excluding hydrogens is 346 g/mol. The molecule has 0 saturated heterocycles. The highest BCUT2D eigenvalue weighted by Gasteiger charge is 2.30. The summed E-state index contributed by atoms with van der Waals surface area (Å²) in [6.45, 7) is 1.00. The van der Waals surface area contributed by atoms with Crippen LogP contribution in [0.5, 0.6) is 0 Å². The van der Waals surface area contributed by atoms with Gasteiger partial charge < -0.3 is 15.6 Å². The molecule has 2 aromatic rings. The van der Waals surface area contributed by atoms with E-state index in [1.807, 2.05) is 34.9 Å². The second kappa shape index (κ2) is 8.26. The summed E-state index contributed by atoms with van der Waals surface area (Å²) in [7, 11) is 1.62. The third kappa shape index (κ3) is 4.38. The van der Waals surface area contributed by atoms with Crippen LogP contribution in [0.2, 0.25) is 0 Å². The van der Waals surface area contributed by atoms with Crippen molar-refractivity contribution in [3.63, 3.8) is 0 Å². The number of aromatic nitrogens is 2. The predicted octanol–water partition coefficient (Wildman–Crippen LogP) is 0.320. The molecule has 9 heteroatoms. The molecule has 140 valence electrons. The predicted molar refractivity (Wildman–Crippen MR) is 102 cm³/mol. The fraction of sp³-hybridized carbons (Fsp3) is 0.278. The number of carbonyl (C=O) groups is 2. The van der Waals surface area contributed by atoms with Gasteiger partial charge >= 0.3 is 0 Å². The van der Waals surface area contributed by atoms with Crippen LogP contribution in [0.3, 0.4) is 0 Å². The number of carbonyl (C=O) groups excluding carboxylic acids is 2. The molecule has 1 aliphatic heterocycles. The number of nitrogens with zero attached hydrogens (tertiary/aromatic N) is 5. The van der Waals surface area contributed by atoms with Crippen molar-refractivity contribution in [3.05, 3.63) is 48.3 Å². The van der Waals surface area contributed by atoms with Gasteiger partial charge in [-0.1, -0.05) is 30.3 Å². The van der Waals surface area contributed by atoms with Gasteiger partial charge in [0.05, 0.1) is 6.54 Å². The van der Waals surface area contributed by atoms with Crippen LogP contribution in [-0.2, 0) is 22.7 Å². The average Bonchev–Trinajstić information content (AvgIpc) is 3.12. The van der Waals surface area contributed by atoms with Crippen LogP contribution in [0.15, 0.2) is 52.7 Å². The lowest BCUT2D eigenvalue weighted by molar-refractivity contribution is -0.124. The number of amidine groups is 1. The smallest absolute Gasteiger partial charge is 0.287 e. The number of rotatable bonds is 4. The highest BCUT2D eigenvalue weighted by atomic mass is 16.2. The molecule has 0 radical (unpaired) electrons. The van der Waals surface area contributed by atoms with Crippen LogP contribution in [0, 0.1) is 0 Å². The SMILES string of the molecule is CN1C(=O)C(NC(=O)C(N)=NC=NCc2ccccc2)CCn2ccnc21. The van der Waals surface area contributed by atoms with Crippen LogP contribution in [0.1, 0.15) is 12.0 Å². The minimum Gasteiger partial charge on any atom is -0.379 e. The van der Waals surface area contributed by atoms with Crippen LogP contribution >= 0.6 is 0 Å². The highest BCUT2D eigenvalue weighted by Crippen LogP contribution is 2.17. The molecule has 0 aliphatic carbocycles. The number of hydrogen-bond acceptors (Lipinski definition) is 4. The molecule has 3 rings (SSSR count). The van der Waals surface area contributed by atoms with Crippen molar-refractivity contribution in [2.24, 2.45) is 15.7 Å². The van der Waals surface area contributed by atoms with E-state index < -0.39 is 11.9 Å². The second-order valence-electron chi connectivity index (χ2n) is 6.09. The van der Waals surface area contributed by atoms with Gasteiger partial charge in [-0.3, -0.25) is 19.5 Å². The monoisotopic (exact) mass is 367 g/mol. The van der Waals surface area contributed by atoms with E-state index >= 15 is 0 Å². The van der Waals surface area contributed by atoms with Crippen molar-refractivity contribution in [3.8, 4) is 0 Å². The summed E-state index contributed by atoms with van der Waals surface area (Å²) in [5.74, 6) is -0.554. The van der Waals surface area contributed by atoms with Gasteiger partial charge in [-0.25, -0.2) is 9.98 Å². The van der Waals surface area contributed by atoms with Crippen LogP contribution in [0.4, 0.5) is 5.95 Å². The first kappa shape index (κ1) is 18.3. The Morgan fingerprint density at radius 3 is 2.96 bits per heavy atom. The van der Waals surface area contributed by atoms with Crippen molar-refractivity contribution in [2.75, 3.05) is 11.9 Å². The molecule has 1 atom stereocenters. The number of benzene rings is 1. The maximum atomic E-state index is 12.5. The number of nitrogens with one attached hydrogen (secondary N) is 1. The Bertz CT molecular complexity index is 873. The van der Waals surface area contributed by atoms with Crippen LogP contribution in [-0.4, -0.2) is 46.6 Å². The summed E-state index contributed by atoms with van der Waals surface area (Å²) in [5.41, 5.74) is 6.73. The number of hydrogen-bond donors (Lipinski definition) is 2. The molecular formula is C18H21N7O2. The quantitative estimate of drug-likeness (QED) is 0.597. The second-order valence-corrected chi connectivity index (χ2v) is 6.09. The summed E-state index contributed by atoms with van der Waals surface area (Å²) in [6, 6.07) is 8.95. The van der Waals surface area contributed by atoms with Gasteiger partial charge in [0, 0.05) is 26.0 Å². The van der Waals surface area contributed by atoms with E-state index in [4.69, 9.17) is 5.73 Å². The molecule has 27 heavy (non-hydrogen) atoms. The summed E-state index contributed by atoms with van der Waals surface area (Å²) < 4.78 is 1.86. The zero-order valence-electron chi connectivity index (χ0n) is 14.9. The van der Waals surface area contributed by atoms with Crippen molar-refractivity contribution < 1.29 is 9.59 Å². The number of amides is 2. The van der Waals surface area contributed by atoms with Crippen molar-refractivity contribution in [1.82, 2.24) is 14.9 Å². The van der Waals surface area contributed by atoms with E-state index in [-0.39, 0.29) is 11.7 Å². The zero-order valence-corrected chi connectivity index (χ0v) is 14.9. The largest absolute Gasteiger partial charge is 0.379 e. The highest BCUT2D eigenvalue weighted by molar-refractivity contribution is 6.38. The van der Waals surface area contributed by atoms with E-state index in [1.165, 1.54) is 11.2 Å². The van der Waals surface area contributed by atoms with Crippen molar-refractivity contribution >= 4 is 29.9 Å². The molecule has 0 fully saturated rings. The Morgan fingerprint density at radius 1 is 1.41 bits per heavy atom. The topological polar surface area (TPSA) is 118 Å². The van der Waals surface area contributed by atoms with E-state index in [9.17, 15) is 9.59 Å². The van der Waals surface area contributed by atoms with Gasteiger partial charge in [0.15, 0.2) is 5.84 Å². The average molecular weight is 367 g/mol. The van der Waals surface area contributed by atoms with Gasteiger partial charge in [0.2, 0.25) is 5.95 Å². The molecule has 9 nitrogen and oxygen atoms in total. The molecule has 2 heterocycles. The van der Waals surface area contributed by atoms with Gasteiger partial charge in [0.1, 0.15) is 12.4 Å². The summed E-state index contributed by atoms with van der Waals surface area (Å²) in [6.07, 6.45) is 5.12. The first-order valence-corrected chi connectivity index (χ1v) is 8.51. The van der Waals surface area contributed by atoms with E-state index in [0.717, 1.165) is 5.56 Å². The van der Waals surface area contributed by atoms with Gasteiger partial charge in [-0.2, -0.15) is 0 Å². The number of fused-ring (bicyclic) bond motifs is 1. The molecule has 3 N–H and O–H groups in total. The van der Waals surface area contributed by atoms with E-state index in [0.29, 0.717) is 25.5 Å². The Hall–Kier alpha value is -3.49. The number of aryl methyl sites for hydroxylation is 1. The normalized spacial score (nSPS) is 17.7. The molecule has 1 aromatic carbocycles. The fourth-order valence-corrected chi connectivity index (χ4v) is 2.76. The lowest BCUT2D eigenvalue weighted by Gasteiger charge is -2.19. The third-order valence-electron chi connectivity index (χ3n) is 4.21. The fourth-order valence-electron chi connectivity index (χ4n) is 2.76. The van der Waals surface area contributed by atoms with Crippen molar-refractivity contribution in [1.29, 1.82) is 0 Å². The van der Waals surface area contributed by atoms with E-state index in [1.54, 1.807) is 19.4 Å². The number of nitrogens with two attached hydrogens (primary N) is 1. The standard InChI is InChI=1S/C18H21N7O2/c1-24-17(27)14(7-9-25-10-8-21-18(24)25)23-16(26)15(19)22-12-20-11-13-5-3-2-4-6-13/h2-6,8,10,12,14H,7,9,11H2,1H3,(H,23,26)(H2,19,20,22). The maximum Gasteiger partial charge on any atom is 0.287 e. The Balaban J connectivity index is 1.57. The molecule has 0 bridgehead atoms. The number of likely N-dealkylation sites (N-methyl/N-ethyl adjacent to an activating group) is 1. The molecule has 0 spiro atoms. The lowest BCUT2D eigenvalue weighted by atomic mass is 10.2. The number of aliphatic imine (C=N–C) groups is 2. The Labute approximate surface area is 156 Å². The molecule has 1 aromatic heterocycles. The summed E-state index contributed by atoms with van der Waals surface area (Å²) in [5, 5.41) is 2.63. The molecule has 1 aliphatic rings. The third-order valence-corrected chi connectivity index (χ3v) is 4.21. The first-order chi connectivity index (χ1) is 13.1. The van der Waals surface area contributed by atoms with Crippen molar-refractivity contribution in [2.45, 2.75) is 25.6 Å². The van der Waals surface area contributed by atoms with Crippen LogP contribution in [0.25, 0.3) is 0 Å². The molecule has 1 unspecified atom stereocenters. The first-order valence-electron chi connectivity index (χ1n) is 8.51. The van der Waals surface area contributed by atoms with Crippen LogP contribution < -0.4 is 16.0 Å². The van der Waals surface area contributed by atoms with Gasteiger partial charge in [-0.15, -0.1) is 0 Å². The Morgan fingerprint density at radius 2 is 2.19 bits per heavy atom. The maximum absolute atomic E-state index is 12.5. The summed E-state index contributed by atoms with van der Waals surface area (Å²) in [4.78, 5) is 38.3. The van der Waals surface area contributed by atoms with Gasteiger partial charge in [0.25, 0.3) is 11.8 Å². The molecule has 2 amide bonds. The lowest BCUT2D eigenvalue weighted by Crippen LogP contribution is -2.50. The zero-order chi connectivity index (χ0) is 19.2. The summed E-state index contributed by atoms with van der Waals surface area (Å²) >= 11 is 0. The minimum atomic E-state index is -0.695. The number of imidazole rings is 1. The van der Waals surface area contributed by atoms with Gasteiger partial charge in [-0.05, 0) is 12.0 Å². The molecule has 0 saturated carbocycles. The van der Waals surface area contributed by atoms with E-state index in [2.05, 4.69) is 20.3 Å². The Kier molecular flexibility index (Phi) is 5.60.